The average Bonchev–Trinajstić information content (AvgIpc) is 3.22. The molecule has 0 saturated heterocycles. The minimum absolute atomic E-state index is 0. The molecule has 31 heavy (non-hydrogen) atoms. The van der Waals surface area contributed by atoms with Crippen LogP contribution >= 0.6 is 0 Å². The van der Waals surface area contributed by atoms with Gasteiger partial charge in [-0.2, -0.15) is 4.57 Å². The molecule has 3 N–H and O–H groups in total. The number of hydrogen-bond acceptors (Lipinski definition) is 0. The molecule has 154 valence electrons. The highest BCUT2D eigenvalue weighted by Gasteiger charge is 2.27. The summed E-state index contributed by atoms with van der Waals surface area (Å²) in [5, 5.41) is 0. The Balaban J connectivity index is 0.00000136. The number of hydrogen-bond donors (Lipinski definition) is 1. The van der Waals surface area contributed by atoms with Crippen molar-refractivity contribution in [3.05, 3.63) is 122 Å². The molecule has 0 aliphatic heterocycles. The van der Waals surface area contributed by atoms with E-state index in [-0.39, 0.29) is 22.5 Å². The van der Waals surface area contributed by atoms with Crippen LogP contribution in [-0.4, -0.2) is 10.5 Å². The van der Waals surface area contributed by atoms with Crippen molar-refractivity contribution in [2.45, 2.75) is 0 Å². The normalized spacial score (nSPS) is 10.1. The van der Waals surface area contributed by atoms with E-state index in [1.807, 2.05) is 6.07 Å². The standard InChI is InChI=1S/C27H21N2.BrH.H2O/c1-5-13-21(14-6-1)24-25(22-15-7-2-8-16-22)28-26(23-17-9-3-10-18-23)27(24)29-19-11-4-12-20-29;;/h1-20,28H;1H;1H2/q+1;;/p-1. The molecule has 0 unspecified atom stereocenters. The zero-order chi connectivity index (χ0) is 19.5. The van der Waals surface area contributed by atoms with E-state index < -0.39 is 0 Å². The first-order chi connectivity index (χ1) is 14.4. The second kappa shape index (κ2) is 10.0. The molecule has 0 fully saturated rings. The average molecular weight is 471 g/mol. The van der Waals surface area contributed by atoms with E-state index in [4.69, 9.17) is 0 Å². The fraction of sp³-hybridized carbons (Fsp3) is 0. The summed E-state index contributed by atoms with van der Waals surface area (Å²) in [7, 11) is 0. The molecule has 2 heterocycles. The fourth-order valence-electron chi connectivity index (χ4n) is 3.82. The van der Waals surface area contributed by atoms with Gasteiger partial charge in [-0.15, -0.1) is 0 Å². The maximum Gasteiger partial charge on any atom is 0.244 e. The molecule has 5 aromatic rings. The zero-order valence-electron chi connectivity index (χ0n) is 16.9. The lowest BCUT2D eigenvalue weighted by Gasteiger charge is -2.06. The van der Waals surface area contributed by atoms with E-state index in [0.717, 1.165) is 17.1 Å². The highest BCUT2D eigenvalue weighted by atomic mass is 79.9. The zero-order valence-corrected chi connectivity index (χ0v) is 18.5. The molecule has 2 aromatic heterocycles. The second-order valence-electron chi connectivity index (χ2n) is 6.98. The smallest absolute Gasteiger partial charge is 0.244 e. The Labute approximate surface area is 192 Å². The van der Waals surface area contributed by atoms with Gasteiger partial charge < -0.3 is 27.4 Å². The number of pyridine rings is 1. The van der Waals surface area contributed by atoms with E-state index in [0.29, 0.717) is 0 Å². The van der Waals surface area contributed by atoms with Gasteiger partial charge in [0.25, 0.3) is 0 Å². The van der Waals surface area contributed by atoms with Crippen molar-refractivity contribution in [2.75, 3.05) is 0 Å². The number of H-pyrrole nitrogens is 1. The SMILES string of the molecule is O.[Br-].c1ccc(-c2[nH]c(-c3ccccc3)c(-[n+]3ccccc3)c2-c2ccccc2)cc1. The van der Waals surface area contributed by atoms with Gasteiger partial charge in [-0.1, -0.05) is 97.1 Å². The Morgan fingerprint density at radius 3 is 1.42 bits per heavy atom. The maximum atomic E-state index is 3.76. The monoisotopic (exact) mass is 470 g/mol. The third-order valence-corrected chi connectivity index (χ3v) is 5.13. The van der Waals surface area contributed by atoms with Gasteiger partial charge in [0.05, 0.1) is 11.3 Å². The van der Waals surface area contributed by atoms with Gasteiger partial charge in [-0.25, -0.2) is 0 Å². The molecule has 0 atom stereocenters. The molecule has 3 aromatic carbocycles. The van der Waals surface area contributed by atoms with Crippen LogP contribution in [0.1, 0.15) is 0 Å². The van der Waals surface area contributed by atoms with Gasteiger partial charge in [-0.3, -0.25) is 0 Å². The summed E-state index contributed by atoms with van der Waals surface area (Å²) in [6.07, 6.45) is 4.22. The van der Waals surface area contributed by atoms with Crippen LogP contribution in [0.15, 0.2) is 122 Å². The van der Waals surface area contributed by atoms with E-state index in [1.165, 1.54) is 22.3 Å². The molecule has 0 aliphatic carbocycles. The van der Waals surface area contributed by atoms with Gasteiger partial charge in [-0.05, 0) is 11.1 Å². The number of aromatic nitrogens is 2. The molecule has 0 amide bonds. The summed E-state index contributed by atoms with van der Waals surface area (Å²) in [5.74, 6) is 0. The van der Waals surface area contributed by atoms with Crippen molar-refractivity contribution >= 4 is 0 Å². The number of benzene rings is 3. The molecule has 0 aliphatic rings. The van der Waals surface area contributed by atoms with Crippen molar-refractivity contribution in [2.24, 2.45) is 0 Å². The molecule has 4 heteroatoms. The lowest BCUT2D eigenvalue weighted by Crippen LogP contribution is -3.00. The minimum atomic E-state index is 0. The Morgan fingerprint density at radius 2 is 0.903 bits per heavy atom. The van der Waals surface area contributed by atoms with Gasteiger partial charge in [0.1, 0.15) is 5.69 Å². The first-order valence-corrected chi connectivity index (χ1v) is 9.81. The van der Waals surface area contributed by atoms with Crippen LogP contribution in [0.3, 0.4) is 0 Å². The summed E-state index contributed by atoms with van der Waals surface area (Å²) < 4.78 is 2.20. The van der Waals surface area contributed by atoms with Crippen LogP contribution in [0, 0.1) is 0 Å². The fourth-order valence-corrected chi connectivity index (χ4v) is 3.82. The second-order valence-corrected chi connectivity index (χ2v) is 6.98. The van der Waals surface area contributed by atoms with Crippen LogP contribution in [0.25, 0.3) is 39.3 Å². The third kappa shape index (κ3) is 4.36. The number of halogens is 1. The lowest BCUT2D eigenvalue weighted by atomic mass is 9.98. The summed E-state index contributed by atoms with van der Waals surface area (Å²) >= 11 is 0. The van der Waals surface area contributed by atoms with Crippen molar-refractivity contribution in [3.8, 4) is 39.3 Å². The van der Waals surface area contributed by atoms with Crippen LogP contribution in [0.5, 0.6) is 0 Å². The van der Waals surface area contributed by atoms with Gasteiger partial charge in [0.2, 0.25) is 5.69 Å². The van der Waals surface area contributed by atoms with Crippen LogP contribution in [0.2, 0.25) is 0 Å². The molecule has 0 spiro atoms. The van der Waals surface area contributed by atoms with Crippen molar-refractivity contribution < 1.29 is 27.0 Å². The summed E-state index contributed by atoms with van der Waals surface area (Å²) in [6.45, 7) is 0. The molecular weight excluding hydrogens is 448 g/mol. The summed E-state index contributed by atoms with van der Waals surface area (Å²) in [6, 6.07) is 37.9. The van der Waals surface area contributed by atoms with E-state index >= 15 is 0 Å². The number of aromatic amines is 1. The van der Waals surface area contributed by atoms with Crippen molar-refractivity contribution in [1.29, 1.82) is 0 Å². The lowest BCUT2D eigenvalue weighted by molar-refractivity contribution is -0.594. The molecule has 5 rings (SSSR count). The van der Waals surface area contributed by atoms with Gasteiger partial charge in [0.15, 0.2) is 12.4 Å². The van der Waals surface area contributed by atoms with E-state index in [9.17, 15) is 0 Å². The van der Waals surface area contributed by atoms with Crippen molar-refractivity contribution in [1.82, 2.24) is 4.98 Å². The molecule has 0 bridgehead atoms. The van der Waals surface area contributed by atoms with E-state index in [1.54, 1.807) is 0 Å². The van der Waals surface area contributed by atoms with Crippen LogP contribution in [-0.2, 0) is 0 Å². The Bertz CT molecular complexity index is 1120. The quantitative estimate of drug-likeness (QED) is 0.392. The van der Waals surface area contributed by atoms with Gasteiger partial charge in [0, 0.05) is 17.7 Å². The largest absolute Gasteiger partial charge is 1.00 e. The molecule has 0 radical (unpaired) electrons. The predicted molar refractivity (Wildman–Crippen MR) is 122 cm³/mol. The number of nitrogens with one attached hydrogen (secondary N) is 1. The number of nitrogens with zero attached hydrogens (tertiary/aromatic N) is 1. The molecular formula is C27H23BrN2O. The van der Waals surface area contributed by atoms with Crippen LogP contribution < -0.4 is 21.5 Å². The predicted octanol–water partition coefficient (Wildman–Crippen LogP) is 2.47. The minimum Gasteiger partial charge on any atom is -1.00 e. The van der Waals surface area contributed by atoms with Crippen LogP contribution in [0.4, 0.5) is 0 Å². The van der Waals surface area contributed by atoms with E-state index in [2.05, 4.69) is 125 Å². The molecule has 3 nitrogen and oxygen atoms in total. The first kappa shape index (κ1) is 22.2. The third-order valence-electron chi connectivity index (χ3n) is 5.13. The Kier molecular flexibility index (Phi) is 7.19. The number of rotatable bonds is 4. The Hall–Kier alpha value is -3.47. The first-order valence-electron chi connectivity index (χ1n) is 9.81. The summed E-state index contributed by atoms with van der Waals surface area (Å²) in [5.41, 5.74) is 8.12. The van der Waals surface area contributed by atoms with Gasteiger partial charge >= 0.3 is 0 Å². The molecule has 0 saturated carbocycles. The highest BCUT2D eigenvalue weighted by molar-refractivity contribution is 5.92. The maximum absolute atomic E-state index is 3.76. The van der Waals surface area contributed by atoms with Crippen molar-refractivity contribution in [3.63, 3.8) is 0 Å². The topological polar surface area (TPSA) is 51.2 Å². The Morgan fingerprint density at radius 1 is 0.484 bits per heavy atom. The summed E-state index contributed by atoms with van der Waals surface area (Å²) in [4.78, 5) is 3.76. The highest BCUT2D eigenvalue weighted by Crippen LogP contribution is 2.40.